The summed E-state index contributed by atoms with van der Waals surface area (Å²) in [5.41, 5.74) is 0.0643. The van der Waals surface area contributed by atoms with Crippen molar-refractivity contribution in [3.63, 3.8) is 0 Å². The number of hydrogen-bond acceptors (Lipinski definition) is 3. The summed E-state index contributed by atoms with van der Waals surface area (Å²) in [4.78, 5) is 40.3. The first kappa shape index (κ1) is 19.3. The highest BCUT2D eigenvalue weighted by atomic mass is 19.1. The summed E-state index contributed by atoms with van der Waals surface area (Å²) in [6.45, 7) is 1.93. The number of carbonyl (C=O) groups is 3. The largest absolute Gasteiger partial charge is 0.339 e. The van der Waals surface area contributed by atoms with Gasteiger partial charge in [0.25, 0.3) is 5.91 Å². The van der Waals surface area contributed by atoms with Gasteiger partial charge in [-0.05, 0) is 37.5 Å². The number of imide groups is 1. The monoisotopic (exact) mass is 375 g/mol. The third-order valence-electron chi connectivity index (χ3n) is 5.83. The SMILES string of the molecule is C[C@@H](c1ccc(F)cc1)N(C)C(=O)CCN1C(=O)NC2(CCCCC2)C1=O. The van der Waals surface area contributed by atoms with Crippen molar-refractivity contribution in [3.05, 3.63) is 35.6 Å². The van der Waals surface area contributed by atoms with Gasteiger partial charge in [0.15, 0.2) is 0 Å². The van der Waals surface area contributed by atoms with Crippen LogP contribution in [0, 0.1) is 5.82 Å². The van der Waals surface area contributed by atoms with Gasteiger partial charge in [-0.15, -0.1) is 0 Å². The average Bonchev–Trinajstić information content (AvgIpc) is 2.89. The summed E-state index contributed by atoms with van der Waals surface area (Å²) < 4.78 is 13.1. The normalized spacial score (nSPS) is 19.9. The minimum absolute atomic E-state index is 0.0667. The van der Waals surface area contributed by atoms with Gasteiger partial charge in [-0.2, -0.15) is 0 Å². The topological polar surface area (TPSA) is 69.7 Å². The van der Waals surface area contributed by atoms with Gasteiger partial charge in [0.1, 0.15) is 11.4 Å². The number of nitrogens with zero attached hydrogens (tertiary/aromatic N) is 2. The number of benzene rings is 1. The van der Waals surface area contributed by atoms with Crippen molar-refractivity contribution in [1.29, 1.82) is 0 Å². The lowest BCUT2D eigenvalue weighted by molar-refractivity contribution is -0.134. The van der Waals surface area contributed by atoms with Crippen LogP contribution in [0.25, 0.3) is 0 Å². The molecular formula is C20H26FN3O3. The summed E-state index contributed by atoms with van der Waals surface area (Å²) in [5.74, 6) is -0.693. The van der Waals surface area contributed by atoms with Crippen molar-refractivity contribution in [2.75, 3.05) is 13.6 Å². The van der Waals surface area contributed by atoms with E-state index in [0.717, 1.165) is 24.8 Å². The van der Waals surface area contributed by atoms with Crippen LogP contribution in [-0.2, 0) is 9.59 Å². The summed E-state index contributed by atoms with van der Waals surface area (Å²) >= 11 is 0. The van der Waals surface area contributed by atoms with Crippen LogP contribution in [0.1, 0.15) is 57.1 Å². The molecule has 2 fully saturated rings. The Hall–Kier alpha value is -2.44. The van der Waals surface area contributed by atoms with Crippen LogP contribution in [0.2, 0.25) is 0 Å². The zero-order valence-electron chi connectivity index (χ0n) is 15.8. The van der Waals surface area contributed by atoms with Crippen LogP contribution in [0.5, 0.6) is 0 Å². The third-order valence-corrected chi connectivity index (χ3v) is 5.83. The molecule has 1 spiro atoms. The fourth-order valence-corrected chi connectivity index (χ4v) is 3.94. The Morgan fingerprint density at radius 2 is 1.85 bits per heavy atom. The van der Waals surface area contributed by atoms with Crippen LogP contribution in [0.3, 0.4) is 0 Å². The van der Waals surface area contributed by atoms with E-state index in [4.69, 9.17) is 0 Å². The first-order valence-corrected chi connectivity index (χ1v) is 9.49. The third kappa shape index (κ3) is 3.82. The van der Waals surface area contributed by atoms with Gasteiger partial charge < -0.3 is 10.2 Å². The molecule has 1 heterocycles. The molecule has 146 valence electrons. The lowest BCUT2D eigenvalue weighted by atomic mass is 9.82. The molecule has 1 atom stereocenters. The van der Waals surface area contributed by atoms with E-state index >= 15 is 0 Å². The number of nitrogens with one attached hydrogen (secondary N) is 1. The predicted molar refractivity (Wildman–Crippen MR) is 98.3 cm³/mol. The van der Waals surface area contributed by atoms with Gasteiger partial charge >= 0.3 is 6.03 Å². The number of halogens is 1. The highest BCUT2D eigenvalue weighted by Gasteiger charge is 2.51. The fourth-order valence-electron chi connectivity index (χ4n) is 3.94. The lowest BCUT2D eigenvalue weighted by Crippen LogP contribution is -2.48. The Bertz CT molecular complexity index is 728. The number of amides is 4. The van der Waals surface area contributed by atoms with Crippen molar-refractivity contribution in [1.82, 2.24) is 15.1 Å². The molecule has 6 nitrogen and oxygen atoms in total. The van der Waals surface area contributed by atoms with Crippen LogP contribution in [-0.4, -0.2) is 46.8 Å². The molecule has 27 heavy (non-hydrogen) atoms. The Morgan fingerprint density at radius 3 is 2.48 bits per heavy atom. The van der Waals surface area contributed by atoms with E-state index in [1.165, 1.54) is 17.0 Å². The Kier molecular flexibility index (Phi) is 5.48. The molecule has 1 N–H and O–H groups in total. The first-order chi connectivity index (χ1) is 12.8. The second-order valence-corrected chi connectivity index (χ2v) is 7.51. The summed E-state index contributed by atoms with van der Waals surface area (Å²) in [5, 5.41) is 2.85. The van der Waals surface area contributed by atoms with Gasteiger partial charge in [-0.25, -0.2) is 9.18 Å². The maximum Gasteiger partial charge on any atom is 0.325 e. The summed E-state index contributed by atoms with van der Waals surface area (Å²) in [7, 11) is 1.67. The molecule has 0 bridgehead atoms. The quantitative estimate of drug-likeness (QED) is 0.805. The van der Waals surface area contributed by atoms with E-state index in [1.54, 1.807) is 24.1 Å². The Morgan fingerprint density at radius 1 is 1.22 bits per heavy atom. The molecule has 3 rings (SSSR count). The van der Waals surface area contributed by atoms with E-state index in [2.05, 4.69) is 5.32 Å². The summed E-state index contributed by atoms with van der Waals surface area (Å²) in [6.07, 6.45) is 4.34. The standard InChI is InChI=1S/C20H26FN3O3/c1-14(15-6-8-16(21)9-7-15)23(2)17(25)10-13-24-18(26)20(22-19(24)27)11-4-3-5-12-20/h6-9,14H,3-5,10-13H2,1-2H3,(H,22,27)/t14-/m0/s1. The molecule has 1 aliphatic heterocycles. The van der Waals surface area contributed by atoms with E-state index in [0.29, 0.717) is 12.8 Å². The number of carbonyl (C=O) groups excluding carboxylic acids is 3. The molecule has 0 aromatic heterocycles. The van der Waals surface area contributed by atoms with Crippen LogP contribution in [0.15, 0.2) is 24.3 Å². The van der Waals surface area contributed by atoms with Crippen LogP contribution < -0.4 is 5.32 Å². The zero-order chi connectivity index (χ0) is 19.6. The van der Waals surface area contributed by atoms with E-state index in [9.17, 15) is 18.8 Å². The van der Waals surface area contributed by atoms with E-state index in [1.807, 2.05) is 6.92 Å². The fraction of sp³-hybridized carbons (Fsp3) is 0.550. The van der Waals surface area contributed by atoms with Crippen molar-refractivity contribution in [2.45, 2.75) is 57.0 Å². The van der Waals surface area contributed by atoms with Crippen LogP contribution >= 0.6 is 0 Å². The maximum absolute atomic E-state index is 13.1. The molecule has 7 heteroatoms. The van der Waals surface area contributed by atoms with Crippen molar-refractivity contribution in [2.24, 2.45) is 0 Å². The Labute approximate surface area is 158 Å². The molecule has 2 aliphatic rings. The minimum Gasteiger partial charge on any atom is -0.339 e. The molecule has 1 aliphatic carbocycles. The molecule has 1 aromatic rings. The molecular weight excluding hydrogens is 349 g/mol. The van der Waals surface area contributed by atoms with Gasteiger partial charge in [0.05, 0.1) is 6.04 Å². The second-order valence-electron chi connectivity index (χ2n) is 7.51. The Balaban J connectivity index is 1.59. The molecule has 0 radical (unpaired) electrons. The highest BCUT2D eigenvalue weighted by molar-refractivity contribution is 6.07. The number of rotatable bonds is 5. The van der Waals surface area contributed by atoms with Gasteiger partial charge in [0.2, 0.25) is 5.91 Å². The molecule has 1 saturated heterocycles. The average molecular weight is 375 g/mol. The van der Waals surface area contributed by atoms with Gasteiger partial charge in [-0.1, -0.05) is 31.4 Å². The predicted octanol–water partition coefficient (Wildman–Crippen LogP) is 2.99. The van der Waals surface area contributed by atoms with Crippen molar-refractivity contribution in [3.8, 4) is 0 Å². The second kappa shape index (κ2) is 7.66. The summed E-state index contributed by atoms with van der Waals surface area (Å²) in [6, 6.07) is 5.39. The first-order valence-electron chi connectivity index (χ1n) is 9.49. The smallest absolute Gasteiger partial charge is 0.325 e. The molecule has 1 aromatic carbocycles. The highest BCUT2D eigenvalue weighted by Crippen LogP contribution is 2.33. The number of urea groups is 1. The van der Waals surface area contributed by atoms with E-state index in [-0.39, 0.29) is 36.6 Å². The number of hydrogen-bond donors (Lipinski definition) is 1. The maximum atomic E-state index is 13.1. The van der Waals surface area contributed by atoms with Crippen molar-refractivity contribution >= 4 is 17.8 Å². The zero-order valence-corrected chi connectivity index (χ0v) is 15.8. The molecule has 0 unspecified atom stereocenters. The van der Waals surface area contributed by atoms with Crippen molar-refractivity contribution < 1.29 is 18.8 Å². The van der Waals surface area contributed by atoms with E-state index < -0.39 is 11.6 Å². The lowest BCUT2D eigenvalue weighted by Gasteiger charge is -2.30. The molecule has 4 amide bonds. The minimum atomic E-state index is -0.758. The molecule has 1 saturated carbocycles. The van der Waals surface area contributed by atoms with Gasteiger partial charge in [-0.3, -0.25) is 14.5 Å². The van der Waals surface area contributed by atoms with Gasteiger partial charge in [0, 0.05) is 20.0 Å². The van der Waals surface area contributed by atoms with Crippen LogP contribution in [0.4, 0.5) is 9.18 Å².